The predicted molar refractivity (Wildman–Crippen MR) is 136 cm³/mol. The Morgan fingerprint density at radius 3 is 2.35 bits per heavy atom. The molecule has 2 aliphatic heterocycles. The number of fused-ring (bicyclic) bond motifs is 1. The Morgan fingerprint density at radius 1 is 1.00 bits per heavy atom. The van der Waals surface area contributed by atoms with E-state index in [0.29, 0.717) is 18.3 Å². The van der Waals surface area contributed by atoms with E-state index in [1.165, 1.54) is 5.57 Å². The van der Waals surface area contributed by atoms with Gasteiger partial charge < -0.3 is 10.2 Å². The largest absolute Gasteiger partial charge is 0.349 e. The highest BCUT2D eigenvalue weighted by molar-refractivity contribution is 5.98. The summed E-state index contributed by atoms with van der Waals surface area (Å²) >= 11 is 0. The minimum atomic E-state index is 0.0176. The standard InChI is InChI=1S/C29H37N3O2/c1-20(2)15-27(33)30-26(23-11-6-5-7-12-23)13-14-31-16-24-18-32(19-25(24)17-31)29(34)28-21(3)9-8-10-22(28)4/h5-12,18,20,25-26H,13-17,19H2,1-4H3,(H,30,33)/t25?,26-/m0/s1. The maximum Gasteiger partial charge on any atom is 0.258 e. The van der Waals surface area contributed by atoms with Gasteiger partial charge in [-0.05, 0) is 48.4 Å². The smallest absolute Gasteiger partial charge is 0.258 e. The minimum absolute atomic E-state index is 0.0176. The molecule has 180 valence electrons. The molecule has 5 heteroatoms. The molecule has 2 amide bonds. The van der Waals surface area contributed by atoms with Crippen LogP contribution in [0.4, 0.5) is 0 Å². The molecule has 1 unspecified atom stereocenters. The summed E-state index contributed by atoms with van der Waals surface area (Å²) in [7, 11) is 0. The molecular formula is C29H37N3O2. The number of hydrogen-bond acceptors (Lipinski definition) is 3. The van der Waals surface area contributed by atoms with Crippen molar-refractivity contribution in [1.29, 1.82) is 0 Å². The molecule has 0 radical (unpaired) electrons. The zero-order chi connectivity index (χ0) is 24.2. The van der Waals surface area contributed by atoms with Crippen molar-refractivity contribution in [1.82, 2.24) is 15.1 Å². The third-order valence-corrected chi connectivity index (χ3v) is 6.97. The lowest BCUT2D eigenvalue weighted by atomic mass is 10.0. The monoisotopic (exact) mass is 459 g/mol. The lowest BCUT2D eigenvalue weighted by Crippen LogP contribution is -2.34. The van der Waals surface area contributed by atoms with Gasteiger partial charge in [-0.15, -0.1) is 0 Å². The predicted octanol–water partition coefficient (Wildman–Crippen LogP) is 4.87. The molecule has 2 atom stereocenters. The molecule has 0 saturated carbocycles. The molecule has 0 aromatic heterocycles. The van der Waals surface area contributed by atoms with Crippen LogP contribution >= 0.6 is 0 Å². The molecule has 1 N–H and O–H groups in total. The molecule has 2 aromatic carbocycles. The van der Waals surface area contributed by atoms with Gasteiger partial charge in [-0.1, -0.05) is 62.4 Å². The quantitative estimate of drug-likeness (QED) is 0.613. The highest BCUT2D eigenvalue weighted by Crippen LogP contribution is 2.32. The van der Waals surface area contributed by atoms with Crippen molar-refractivity contribution in [2.24, 2.45) is 11.8 Å². The van der Waals surface area contributed by atoms with Gasteiger partial charge in [0.05, 0.1) is 6.04 Å². The summed E-state index contributed by atoms with van der Waals surface area (Å²) in [6, 6.07) is 16.3. The van der Waals surface area contributed by atoms with Gasteiger partial charge >= 0.3 is 0 Å². The lowest BCUT2D eigenvalue weighted by molar-refractivity contribution is -0.122. The summed E-state index contributed by atoms with van der Waals surface area (Å²) in [6.45, 7) is 11.7. The molecule has 2 aliphatic rings. The number of hydrogen-bond donors (Lipinski definition) is 1. The van der Waals surface area contributed by atoms with E-state index in [-0.39, 0.29) is 17.9 Å². The minimum Gasteiger partial charge on any atom is -0.349 e. The molecule has 0 aliphatic carbocycles. The van der Waals surface area contributed by atoms with Gasteiger partial charge in [-0.2, -0.15) is 0 Å². The summed E-state index contributed by atoms with van der Waals surface area (Å²) < 4.78 is 0. The summed E-state index contributed by atoms with van der Waals surface area (Å²) in [5.74, 6) is 0.973. The molecule has 1 fully saturated rings. The third-order valence-electron chi connectivity index (χ3n) is 6.97. The van der Waals surface area contributed by atoms with E-state index in [1.807, 2.05) is 55.1 Å². The van der Waals surface area contributed by atoms with Gasteiger partial charge in [-0.25, -0.2) is 0 Å². The second-order valence-electron chi connectivity index (χ2n) is 10.3. The number of carbonyl (C=O) groups is 2. The van der Waals surface area contributed by atoms with Crippen LogP contribution in [0.2, 0.25) is 0 Å². The van der Waals surface area contributed by atoms with E-state index in [9.17, 15) is 9.59 Å². The van der Waals surface area contributed by atoms with E-state index in [2.05, 4.69) is 42.4 Å². The summed E-state index contributed by atoms with van der Waals surface area (Å²) in [5.41, 5.74) is 5.41. The lowest BCUT2D eigenvalue weighted by Gasteiger charge is -2.24. The van der Waals surface area contributed by atoms with Gasteiger partial charge in [0.2, 0.25) is 5.91 Å². The molecule has 2 heterocycles. The van der Waals surface area contributed by atoms with Crippen LogP contribution in [0.1, 0.15) is 59.8 Å². The van der Waals surface area contributed by atoms with E-state index >= 15 is 0 Å². The number of nitrogens with one attached hydrogen (secondary N) is 1. The van der Waals surface area contributed by atoms with E-state index in [1.54, 1.807) is 0 Å². The summed E-state index contributed by atoms with van der Waals surface area (Å²) in [5, 5.41) is 3.26. The highest BCUT2D eigenvalue weighted by atomic mass is 16.2. The Balaban J connectivity index is 1.37. The molecule has 5 nitrogen and oxygen atoms in total. The fourth-order valence-corrected chi connectivity index (χ4v) is 5.24. The fraction of sp³-hybridized carbons (Fsp3) is 0.448. The Bertz CT molecular complexity index is 1040. The fourth-order valence-electron chi connectivity index (χ4n) is 5.24. The molecule has 1 saturated heterocycles. The van der Waals surface area contributed by atoms with E-state index in [0.717, 1.165) is 54.9 Å². The van der Waals surface area contributed by atoms with Crippen molar-refractivity contribution in [3.63, 3.8) is 0 Å². The van der Waals surface area contributed by atoms with Crippen molar-refractivity contribution >= 4 is 11.8 Å². The molecule has 4 rings (SSSR count). The van der Waals surface area contributed by atoms with Gasteiger partial charge in [0, 0.05) is 50.3 Å². The van der Waals surface area contributed by atoms with E-state index < -0.39 is 0 Å². The molecule has 0 spiro atoms. The normalized spacial score (nSPS) is 18.7. The number of rotatable bonds is 8. The Morgan fingerprint density at radius 2 is 1.71 bits per heavy atom. The molecule has 2 aromatic rings. The number of likely N-dealkylation sites (tertiary alicyclic amines) is 1. The van der Waals surface area contributed by atoms with Crippen LogP contribution in [0.5, 0.6) is 0 Å². The van der Waals surface area contributed by atoms with Crippen molar-refractivity contribution in [3.8, 4) is 0 Å². The van der Waals surface area contributed by atoms with Crippen molar-refractivity contribution in [2.75, 3.05) is 26.2 Å². The zero-order valence-corrected chi connectivity index (χ0v) is 20.9. The molecular weight excluding hydrogens is 422 g/mol. The van der Waals surface area contributed by atoms with Crippen LogP contribution in [-0.2, 0) is 4.79 Å². The number of aryl methyl sites for hydroxylation is 2. The second-order valence-corrected chi connectivity index (χ2v) is 10.3. The van der Waals surface area contributed by atoms with E-state index in [4.69, 9.17) is 0 Å². The van der Waals surface area contributed by atoms with Crippen molar-refractivity contribution < 1.29 is 9.59 Å². The SMILES string of the molecule is Cc1cccc(C)c1C(=O)N1C=C2CN(CC[C@H](NC(=O)CC(C)C)c3ccccc3)CC2C1. The maximum absolute atomic E-state index is 13.2. The van der Waals surface area contributed by atoms with Crippen LogP contribution < -0.4 is 5.32 Å². The van der Waals surface area contributed by atoms with Gasteiger partial charge in [-0.3, -0.25) is 14.5 Å². The Kier molecular flexibility index (Phi) is 7.52. The Labute approximate surface area is 203 Å². The van der Waals surface area contributed by atoms with Crippen LogP contribution in [0.25, 0.3) is 0 Å². The third kappa shape index (κ3) is 5.58. The average molecular weight is 460 g/mol. The zero-order valence-electron chi connectivity index (χ0n) is 20.9. The van der Waals surface area contributed by atoms with Crippen LogP contribution in [-0.4, -0.2) is 47.8 Å². The summed E-state index contributed by atoms with van der Waals surface area (Å²) in [6.07, 6.45) is 3.50. The second kappa shape index (κ2) is 10.6. The van der Waals surface area contributed by atoms with Crippen molar-refractivity contribution in [3.05, 3.63) is 82.6 Å². The first kappa shape index (κ1) is 24.2. The molecule has 34 heavy (non-hydrogen) atoms. The number of amides is 2. The Hall–Kier alpha value is -2.92. The van der Waals surface area contributed by atoms with Crippen LogP contribution in [0.15, 0.2) is 60.3 Å². The molecule has 0 bridgehead atoms. The number of benzene rings is 2. The van der Waals surface area contributed by atoms with Gasteiger partial charge in [0.1, 0.15) is 0 Å². The highest BCUT2D eigenvalue weighted by Gasteiger charge is 2.36. The average Bonchev–Trinajstić information content (AvgIpc) is 3.35. The number of nitrogens with zero attached hydrogens (tertiary/aromatic N) is 2. The van der Waals surface area contributed by atoms with Gasteiger partial charge in [0.15, 0.2) is 0 Å². The van der Waals surface area contributed by atoms with Gasteiger partial charge in [0.25, 0.3) is 5.91 Å². The van der Waals surface area contributed by atoms with Crippen LogP contribution in [0, 0.1) is 25.7 Å². The van der Waals surface area contributed by atoms with Crippen LogP contribution in [0.3, 0.4) is 0 Å². The first-order chi connectivity index (χ1) is 16.3. The first-order valence-electron chi connectivity index (χ1n) is 12.5. The first-order valence-corrected chi connectivity index (χ1v) is 12.5. The van der Waals surface area contributed by atoms with Crippen molar-refractivity contribution in [2.45, 2.75) is 46.6 Å². The maximum atomic E-state index is 13.2. The topological polar surface area (TPSA) is 52.7 Å². The summed E-state index contributed by atoms with van der Waals surface area (Å²) in [4.78, 5) is 30.0. The number of carbonyl (C=O) groups excluding carboxylic acids is 2.